The van der Waals surface area contributed by atoms with Gasteiger partial charge in [0.25, 0.3) is 0 Å². The average molecular weight is 251 g/mol. The average Bonchev–Trinajstić information content (AvgIpc) is 2.99. The lowest BCUT2D eigenvalue weighted by molar-refractivity contribution is -0.142. The number of aryl methyl sites for hydroxylation is 1. The summed E-state index contributed by atoms with van der Waals surface area (Å²) in [5.74, 6) is 0.762. The SMILES string of the molecule is O=C(O)C1CCc2nnc(CC3CCCO3)n2C1. The van der Waals surface area contributed by atoms with Crippen LogP contribution in [0.5, 0.6) is 0 Å². The van der Waals surface area contributed by atoms with E-state index in [1.165, 1.54) is 0 Å². The summed E-state index contributed by atoms with van der Waals surface area (Å²) in [4.78, 5) is 11.1. The Hall–Kier alpha value is -1.43. The Labute approximate surface area is 105 Å². The van der Waals surface area contributed by atoms with E-state index in [2.05, 4.69) is 10.2 Å². The second-order valence-electron chi connectivity index (χ2n) is 5.06. The molecule has 0 bridgehead atoms. The molecule has 0 aliphatic carbocycles. The maximum absolute atomic E-state index is 11.1. The highest BCUT2D eigenvalue weighted by Gasteiger charge is 2.28. The summed E-state index contributed by atoms with van der Waals surface area (Å²) in [5.41, 5.74) is 0. The van der Waals surface area contributed by atoms with Gasteiger partial charge in [-0.25, -0.2) is 0 Å². The third kappa shape index (κ3) is 2.12. The van der Waals surface area contributed by atoms with Crippen molar-refractivity contribution in [3.8, 4) is 0 Å². The van der Waals surface area contributed by atoms with E-state index in [9.17, 15) is 4.79 Å². The van der Waals surface area contributed by atoms with E-state index in [1.54, 1.807) is 0 Å². The highest BCUT2D eigenvalue weighted by atomic mass is 16.5. The van der Waals surface area contributed by atoms with Gasteiger partial charge in [0, 0.05) is 26.0 Å². The molecule has 6 nitrogen and oxygen atoms in total. The van der Waals surface area contributed by atoms with Crippen LogP contribution in [0.3, 0.4) is 0 Å². The molecule has 1 aromatic rings. The first-order chi connectivity index (χ1) is 8.74. The predicted octanol–water partition coefficient (Wildman–Crippen LogP) is 0.647. The number of carboxylic acids is 1. The summed E-state index contributed by atoms with van der Waals surface area (Å²) < 4.78 is 7.57. The summed E-state index contributed by atoms with van der Waals surface area (Å²) in [6, 6.07) is 0. The van der Waals surface area contributed by atoms with Gasteiger partial charge in [-0.2, -0.15) is 0 Å². The molecule has 6 heteroatoms. The predicted molar refractivity (Wildman–Crippen MR) is 62.1 cm³/mol. The summed E-state index contributed by atoms with van der Waals surface area (Å²) in [6.07, 6.45) is 4.50. The fraction of sp³-hybridized carbons (Fsp3) is 0.750. The highest BCUT2D eigenvalue weighted by molar-refractivity contribution is 5.70. The summed E-state index contributed by atoms with van der Waals surface area (Å²) in [7, 11) is 0. The lowest BCUT2D eigenvalue weighted by atomic mass is 9.99. The van der Waals surface area contributed by atoms with Gasteiger partial charge in [0.1, 0.15) is 11.6 Å². The molecule has 0 spiro atoms. The van der Waals surface area contributed by atoms with Crippen LogP contribution in [0.15, 0.2) is 0 Å². The van der Waals surface area contributed by atoms with Crippen molar-refractivity contribution < 1.29 is 14.6 Å². The second-order valence-corrected chi connectivity index (χ2v) is 5.06. The molecule has 2 unspecified atom stereocenters. The largest absolute Gasteiger partial charge is 0.481 e. The maximum Gasteiger partial charge on any atom is 0.308 e. The zero-order chi connectivity index (χ0) is 12.5. The minimum Gasteiger partial charge on any atom is -0.481 e. The Kier molecular flexibility index (Phi) is 3.03. The summed E-state index contributed by atoms with van der Waals surface area (Å²) >= 11 is 0. The second kappa shape index (κ2) is 4.68. The van der Waals surface area contributed by atoms with Crippen molar-refractivity contribution in [3.05, 3.63) is 11.6 Å². The highest BCUT2D eigenvalue weighted by Crippen LogP contribution is 2.23. The van der Waals surface area contributed by atoms with Crippen LogP contribution >= 0.6 is 0 Å². The number of nitrogens with zero attached hydrogens (tertiary/aromatic N) is 3. The molecule has 1 fully saturated rings. The molecule has 0 amide bonds. The molecule has 2 aliphatic heterocycles. The number of rotatable bonds is 3. The van der Waals surface area contributed by atoms with Crippen LogP contribution in [-0.4, -0.2) is 38.6 Å². The maximum atomic E-state index is 11.1. The molecular weight excluding hydrogens is 234 g/mol. The number of hydrogen-bond acceptors (Lipinski definition) is 4. The lowest BCUT2D eigenvalue weighted by Gasteiger charge is -2.21. The van der Waals surface area contributed by atoms with Crippen molar-refractivity contribution in [1.82, 2.24) is 14.8 Å². The summed E-state index contributed by atoms with van der Waals surface area (Å²) in [6.45, 7) is 1.32. The standard InChI is InChI=1S/C12H17N3O3/c16-12(17)8-3-4-10-13-14-11(15(10)7-8)6-9-2-1-5-18-9/h8-9H,1-7H2,(H,16,17). The number of aromatic nitrogens is 3. The monoisotopic (exact) mass is 251 g/mol. The van der Waals surface area contributed by atoms with Gasteiger partial charge in [-0.15, -0.1) is 10.2 Å². The van der Waals surface area contributed by atoms with Gasteiger partial charge >= 0.3 is 5.97 Å². The number of fused-ring (bicyclic) bond motifs is 1. The minimum absolute atomic E-state index is 0.225. The van der Waals surface area contributed by atoms with Gasteiger partial charge in [-0.1, -0.05) is 0 Å². The quantitative estimate of drug-likeness (QED) is 0.853. The van der Waals surface area contributed by atoms with Crippen molar-refractivity contribution in [3.63, 3.8) is 0 Å². The third-order valence-electron chi connectivity index (χ3n) is 3.81. The van der Waals surface area contributed by atoms with Crippen molar-refractivity contribution in [1.29, 1.82) is 0 Å². The Balaban J connectivity index is 1.76. The first-order valence-electron chi connectivity index (χ1n) is 6.49. The molecule has 1 aromatic heterocycles. The topological polar surface area (TPSA) is 77.2 Å². The summed E-state index contributed by atoms with van der Waals surface area (Å²) in [5, 5.41) is 17.4. The first kappa shape index (κ1) is 11.6. The molecule has 3 rings (SSSR count). The van der Waals surface area contributed by atoms with E-state index >= 15 is 0 Å². The minimum atomic E-state index is -0.725. The molecule has 3 heterocycles. The van der Waals surface area contributed by atoms with Crippen LogP contribution < -0.4 is 0 Å². The van der Waals surface area contributed by atoms with Gasteiger partial charge in [-0.05, 0) is 19.3 Å². The zero-order valence-electron chi connectivity index (χ0n) is 10.2. The van der Waals surface area contributed by atoms with E-state index in [0.717, 1.165) is 37.5 Å². The molecular formula is C12H17N3O3. The van der Waals surface area contributed by atoms with Crippen molar-refractivity contribution in [2.24, 2.45) is 5.92 Å². The number of aliphatic carboxylic acids is 1. The van der Waals surface area contributed by atoms with E-state index in [1.807, 2.05) is 4.57 Å². The molecule has 2 atom stereocenters. The van der Waals surface area contributed by atoms with Crippen LogP contribution in [-0.2, 0) is 28.9 Å². The van der Waals surface area contributed by atoms with Gasteiger partial charge < -0.3 is 14.4 Å². The smallest absolute Gasteiger partial charge is 0.308 e. The Morgan fingerprint density at radius 2 is 2.33 bits per heavy atom. The van der Waals surface area contributed by atoms with Gasteiger partial charge in [-0.3, -0.25) is 4.79 Å². The molecule has 1 saturated heterocycles. The van der Waals surface area contributed by atoms with Gasteiger partial charge in [0.05, 0.1) is 12.0 Å². The van der Waals surface area contributed by atoms with Crippen molar-refractivity contribution in [2.75, 3.05) is 6.61 Å². The fourth-order valence-electron chi connectivity index (χ4n) is 2.74. The van der Waals surface area contributed by atoms with Crippen molar-refractivity contribution in [2.45, 2.75) is 44.8 Å². The zero-order valence-corrected chi connectivity index (χ0v) is 10.2. The third-order valence-corrected chi connectivity index (χ3v) is 3.81. The van der Waals surface area contributed by atoms with Crippen LogP contribution in [0.25, 0.3) is 0 Å². The molecule has 2 aliphatic rings. The van der Waals surface area contributed by atoms with Crippen LogP contribution in [0.2, 0.25) is 0 Å². The lowest BCUT2D eigenvalue weighted by Crippen LogP contribution is -2.28. The molecule has 98 valence electrons. The van der Waals surface area contributed by atoms with Crippen LogP contribution in [0, 0.1) is 5.92 Å². The van der Waals surface area contributed by atoms with Crippen LogP contribution in [0.4, 0.5) is 0 Å². The van der Waals surface area contributed by atoms with Gasteiger partial charge in [0.2, 0.25) is 0 Å². The van der Waals surface area contributed by atoms with E-state index < -0.39 is 5.97 Å². The Bertz CT molecular complexity index is 451. The molecule has 0 radical (unpaired) electrons. The number of hydrogen-bond donors (Lipinski definition) is 1. The van der Waals surface area contributed by atoms with E-state index in [-0.39, 0.29) is 12.0 Å². The molecule has 0 saturated carbocycles. The van der Waals surface area contributed by atoms with Crippen LogP contribution in [0.1, 0.15) is 30.9 Å². The van der Waals surface area contributed by atoms with E-state index in [4.69, 9.17) is 9.84 Å². The molecule has 18 heavy (non-hydrogen) atoms. The number of ether oxygens (including phenoxy) is 1. The molecule has 0 aromatic carbocycles. The number of carbonyl (C=O) groups is 1. The Morgan fingerprint density at radius 1 is 1.44 bits per heavy atom. The van der Waals surface area contributed by atoms with Crippen molar-refractivity contribution >= 4 is 5.97 Å². The molecule has 1 N–H and O–H groups in total. The van der Waals surface area contributed by atoms with Gasteiger partial charge in [0.15, 0.2) is 0 Å². The van der Waals surface area contributed by atoms with E-state index in [0.29, 0.717) is 19.4 Å². The normalized spacial score (nSPS) is 27.1. The number of carboxylic acid groups (broad SMARTS) is 1. The fourth-order valence-corrected chi connectivity index (χ4v) is 2.74. The Morgan fingerprint density at radius 3 is 3.06 bits per heavy atom. The first-order valence-corrected chi connectivity index (χ1v) is 6.49.